The second kappa shape index (κ2) is 9.82. The van der Waals surface area contributed by atoms with Crippen molar-refractivity contribution in [3.05, 3.63) is 192 Å². The van der Waals surface area contributed by atoms with Crippen LogP contribution in [0.5, 0.6) is 0 Å². The number of hydrogen-bond donors (Lipinski definition) is 0. The minimum atomic E-state index is -0.450. The van der Waals surface area contributed by atoms with E-state index in [1.54, 1.807) is 0 Å². The van der Waals surface area contributed by atoms with Crippen molar-refractivity contribution < 1.29 is 0 Å². The van der Waals surface area contributed by atoms with Gasteiger partial charge in [-0.05, 0) is 130 Å². The van der Waals surface area contributed by atoms with Gasteiger partial charge in [-0.1, -0.05) is 115 Å². The first-order chi connectivity index (χ1) is 24.3. The predicted molar refractivity (Wildman–Crippen MR) is 202 cm³/mol. The lowest BCUT2D eigenvalue weighted by Crippen LogP contribution is -2.26. The second-order valence-electron chi connectivity index (χ2n) is 13.3. The molecule has 2 nitrogen and oxygen atoms in total. The lowest BCUT2D eigenvalue weighted by atomic mass is 9.69. The Hall–Kier alpha value is -6.38. The maximum Gasteiger partial charge on any atom is 0.0892 e. The molecule has 0 atom stereocenters. The van der Waals surface area contributed by atoms with Gasteiger partial charge >= 0.3 is 0 Å². The normalized spacial score (nSPS) is 13.5. The van der Waals surface area contributed by atoms with Crippen LogP contribution in [0.25, 0.3) is 77.1 Å². The molecule has 1 spiro atoms. The van der Waals surface area contributed by atoms with Crippen LogP contribution in [0.15, 0.2) is 170 Å². The summed E-state index contributed by atoms with van der Waals surface area (Å²) < 4.78 is 0. The molecule has 2 aliphatic rings. The standard InChI is InChI=1S/C47H28N2/c1-3-15-37-33(11-1)34-12-2-4-16-38(34)46-45(37)39-26-30-21-20-29(31-22-24-49-44(28-31)43-19-9-10-23-48-43)25-32(30)27-42(39)47(46)40-17-7-5-13-35(40)36-14-6-8-18-41(36)47/h1-28H. The molecule has 7 aromatic carbocycles. The fraction of sp³-hybridized carbons (Fsp3) is 0.0213. The van der Waals surface area contributed by atoms with E-state index in [9.17, 15) is 0 Å². The van der Waals surface area contributed by atoms with Crippen LogP contribution in [0, 0.1) is 0 Å². The number of pyridine rings is 2. The van der Waals surface area contributed by atoms with Gasteiger partial charge in [0.15, 0.2) is 0 Å². The molecular weight excluding hydrogens is 593 g/mol. The molecule has 2 heteroatoms. The SMILES string of the molecule is c1ccc(-c2cc(-c3ccc4cc5c(cc4c3)C3(c4ccccc4-c4ccccc43)c3c-5c4ccccc4c4ccccc34)ccn2)nc1. The minimum Gasteiger partial charge on any atom is -0.255 e. The highest BCUT2D eigenvalue weighted by molar-refractivity contribution is 6.20. The zero-order valence-corrected chi connectivity index (χ0v) is 26.6. The van der Waals surface area contributed by atoms with Crippen molar-refractivity contribution in [2.75, 3.05) is 0 Å². The second-order valence-corrected chi connectivity index (χ2v) is 13.3. The molecule has 11 rings (SSSR count). The molecule has 2 aromatic heterocycles. The van der Waals surface area contributed by atoms with Crippen LogP contribution < -0.4 is 0 Å². The Kier molecular flexibility index (Phi) is 5.34. The zero-order chi connectivity index (χ0) is 32.1. The Balaban J connectivity index is 1.26. The van der Waals surface area contributed by atoms with Gasteiger partial charge in [0.2, 0.25) is 0 Å². The topological polar surface area (TPSA) is 25.8 Å². The molecule has 2 heterocycles. The number of rotatable bonds is 2. The summed E-state index contributed by atoms with van der Waals surface area (Å²) in [6, 6.07) is 58.2. The third-order valence-electron chi connectivity index (χ3n) is 10.9. The van der Waals surface area contributed by atoms with E-state index in [1.165, 1.54) is 82.4 Å². The Morgan fingerprint density at radius 3 is 1.76 bits per heavy atom. The highest BCUT2D eigenvalue weighted by atomic mass is 14.8. The van der Waals surface area contributed by atoms with Gasteiger partial charge in [0, 0.05) is 12.4 Å². The average Bonchev–Trinajstić information content (AvgIpc) is 3.64. The molecule has 49 heavy (non-hydrogen) atoms. The molecule has 0 bridgehead atoms. The van der Waals surface area contributed by atoms with Crippen LogP contribution in [-0.2, 0) is 5.41 Å². The maximum absolute atomic E-state index is 4.65. The summed E-state index contributed by atoms with van der Waals surface area (Å²) in [6.07, 6.45) is 3.71. The Morgan fingerprint density at radius 2 is 1.00 bits per heavy atom. The van der Waals surface area contributed by atoms with Crippen LogP contribution in [0.4, 0.5) is 0 Å². The minimum absolute atomic E-state index is 0.450. The number of benzene rings is 7. The molecule has 226 valence electrons. The molecule has 2 aliphatic carbocycles. The summed E-state index contributed by atoms with van der Waals surface area (Å²) in [5, 5.41) is 7.71. The Labute approximate surface area is 284 Å². The molecule has 9 aromatic rings. The van der Waals surface area contributed by atoms with Gasteiger partial charge in [-0.3, -0.25) is 9.97 Å². The van der Waals surface area contributed by atoms with Gasteiger partial charge in [-0.15, -0.1) is 0 Å². The van der Waals surface area contributed by atoms with E-state index < -0.39 is 5.41 Å². The van der Waals surface area contributed by atoms with Crippen molar-refractivity contribution in [2.45, 2.75) is 5.41 Å². The van der Waals surface area contributed by atoms with Crippen LogP contribution in [0.1, 0.15) is 22.3 Å². The molecule has 0 fully saturated rings. The molecule has 0 amide bonds. The lowest BCUT2D eigenvalue weighted by Gasteiger charge is -2.32. The van der Waals surface area contributed by atoms with Crippen molar-refractivity contribution in [1.82, 2.24) is 9.97 Å². The van der Waals surface area contributed by atoms with Crippen molar-refractivity contribution >= 4 is 32.3 Å². The summed E-state index contributed by atoms with van der Waals surface area (Å²) in [5.41, 5.74) is 14.4. The average molecular weight is 621 g/mol. The van der Waals surface area contributed by atoms with Crippen molar-refractivity contribution in [1.29, 1.82) is 0 Å². The van der Waals surface area contributed by atoms with Crippen molar-refractivity contribution in [2.24, 2.45) is 0 Å². The molecule has 0 saturated carbocycles. The number of aromatic nitrogens is 2. The third kappa shape index (κ3) is 3.50. The summed E-state index contributed by atoms with van der Waals surface area (Å²) in [6.45, 7) is 0. The number of fused-ring (bicyclic) bond motifs is 16. The van der Waals surface area contributed by atoms with Crippen molar-refractivity contribution in [3.63, 3.8) is 0 Å². The zero-order valence-electron chi connectivity index (χ0n) is 26.6. The van der Waals surface area contributed by atoms with E-state index in [-0.39, 0.29) is 0 Å². The van der Waals surface area contributed by atoms with Gasteiger partial charge in [0.05, 0.1) is 16.8 Å². The first-order valence-electron chi connectivity index (χ1n) is 16.9. The fourth-order valence-corrected chi connectivity index (χ4v) is 9.00. The van der Waals surface area contributed by atoms with Gasteiger partial charge in [-0.2, -0.15) is 0 Å². The molecule has 0 N–H and O–H groups in total. The van der Waals surface area contributed by atoms with Gasteiger partial charge < -0.3 is 0 Å². The molecule has 0 saturated heterocycles. The van der Waals surface area contributed by atoms with Crippen LogP contribution >= 0.6 is 0 Å². The van der Waals surface area contributed by atoms with Gasteiger partial charge in [-0.25, -0.2) is 0 Å². The van der Waals surface area contributed by atoms with E-state index in [2.05, 4.69) is 149 Å². The van der Waals surface area contributed by atoms with Crippen molar-refractivity contribution in [3.8, 4) is 44.8 Å². The van der Waals surface area contributed by atoms with E-state index in [0.29, 0.717) is 0 Å². The molecule has 0 radical (unpaired) electrons. The third-order valence-corrected chi connectivity index (χ3v) is 10.9. The largest absolute Gasteiger partial charge is 0.255 e. The maximum atomic E-state index is 4.65. The quantitative estimate of drug-likeness (QED) is 0.180. The number of nitrogens with zero attached hydrogens (tertiary/aromatic N) is 2. The monoisotopic (exact) mass is 620 g/mol. The summed E-state index contributed by atoms with van der Waals surface area (Å²) >= 11 is 0. The molecular formula is C47H28N2. The van der Waals surface area contributed by atoms with Crippen LogP contribution in [-0.4, -0.2) is 9.97 Å². The van der Waals surface area contributed by atoms with Gasteiger partial charge in [0.1, 0.15) is 0 Å². The summed E-state index contributed by atoms with van der Waals surface area (Å²) in [4.78, 5) is 9.20. The molecule has 0 aliphatic heterocycles. The highest BCUT2D eigenvalue weighted by Gasteiger charge is 2.53. The first kappa shape index (κ1) is 26.7. The lowest BCUT2D eigenvalue weighted by molar-refractivity contribution is 0.803. The van der Waals surface area contributed by atoms with Crippen LogP contribution in [0.3, 0.4) is 0 Å². The van der Waals surface area contributed by atoms with E-state index in [0.717, 1.165) is 17.0 Å². The highest BCUT2D eigenvalue weighted by Crippen LogP contribution is 2.65. The first-order valence-corrected chi connectivity index (χ1v) is 16.9. The molecule has 0 unspecified atom stereocenters. The smallest absolute Gasteiger partial charge is 0.0892 e. The fourth-order valence-electron chi connectivity index (χ4n) is 9.00. The summed E-state index contributed by atoms with van der Waals surface area (Å²) in [7, 11) is 0. The Bertz CT molecular complexity index is 2790. The number of hydrogen-bond acceptors (Lipinski definition) is 2. The predicted octanol–water partition coefficient (Wildman–Crippen LogP) is 11.6. The van der Waals surface area contributed by atoms with E-state index in [4.69, 9.17) is 0 Å². The van der Waals surface area contributed by atoms with E-state index >= 15 is 0 Å². The van der Waals surface area contributed by atoms with E-state index in [1.807, 2.05) is 30.6 Å². The van der Waals surface area contributed by atoms with Gasteiger partial charge in [0.25, 0.3) is 0 Å². The Morgan fingerprint density at radius 1 is 0.367 bits per heavy atom. The van der Waals surface area contributed by atoms with Crippen LogP contribution in [0.2, 0.25) is 0 Å². The summed E-state index contributed by atoms with van der Waals surface area (Å²) in [5.74, 6) is 0.